The number of hydrogen-bond donors (Lipinski definition) is 1. The average Bonchev–Trinajstić information content (AvgIpc) is 2.45. The van der Waals surface area contributed by atoms with Gasteiger partial charge in [-0.15, -0.1) is 0 Å². The fourth-order valence-electron chi connectivity index (χ4n) is 2.06. The number of benzene rings is 2. The molecule has 0 aliphatic rings. The zero-order chi connectivity index (χ0) is 13.8. The molecule has 0 spiro atoms. The number of carbonyl (C=O) groups excluding carboxylic acids is 1. The van der Waals surface area contributed by atoms with Gasteiger partial charge in [-0.2, -0.15) is 0 Å². The molecule has 1 unspecified atom stereocenters. The van der Waals surface area contributed by atoms with E-state index in [9.17, 15) is 9.90 Å². The second-order valence-electron chi connectivity index (χ2n) is 4.06. The smallest absolute Gasteiger partial charge is 0.339 e. The Morgan fingerprint density at radius 2 is 1.89 bits per heavy atom. The molecule has 4 heteroatoms. The van der Waals surface area contributed by atoms with Gasteiger partial charge in [0, 0.05) is 5.39 Å². The van der Waals surface area contributed by atoms with E-state index in [4.69, 9.17) is 9.47 Å². The molecule has 0 fully saturated rings. The van der Waals surface area contributed by atoms with Gasteiger partial charge in [-0.05, 0) is 23.9 Å². The quantitative estimate of drug-likeness (QED) is 0.858. The molecule has 19 heavy (non-hydrogen) atoms. The number of rotatable bonds is 4. The van der Waals surface area contributed by atoms with Crippen LogP contribution in [0.15, 0.2) is 36.4 Å². The van der Waals surface area contributed by atoms with Crippen LogP contribution in [0.4, 0.5) is 0 Å². The Morgan fingerprint density at radius 1 is 1.21 bits per heavy atom. The van der Waals surface area contributed by atoms with E-state index < -0.39 is 12.1 Å². The highest BCUT2D eigenvalue weighted by Gasteiger charge is 2.21. The highest BCUT2D eigenvalue weighted by Crippen LogP contribution is 2.31. The minimum absolute atomic E-state index is 0.240. The number of fused-ring (bicyclic) bond motifs is 1. The van der Waals surface area contributed by atoms with Crippen molar-refractivity contribution in [3.05, 3.63) is 42.0 Å². The minimum atomic E-state index is -1.28. The molecular formula is C15H16O4. The van der Waals surface area contributed by atoms with Gasteiger partial charge in [-0.25, -0.2) is 4.79 Å². The lowest BCUT2D eigenvalue weighted by molar-refractivity contribution is -0.153. The summed E-state index contributed by atoms with van der Waals surface area (Å²) in [4.78, 5) is 11.6. The lowest BCUT2D eigenvalue weighted by atomic mass is 9.99. The van der Waals surface area contributed by atoms with Gasteiger partial charge < -0.3 is 14.6 Å². The molecule has 0 radical (unpaired) electrons. The van der Waals surface area contributed by atoms with Crippen molar-refractivity contribution in [1.29, 1.82) is 0 Å². The average molecular weight is 260 g/mol. The standard InChI is InChI=1S/C15H16O4/c1-3-19-15(17)14(16)12-8-9-13(18-2)11-7-5-4-6-10(11)12/h4-9,14,16H,3H2,1-2H3. The van der Waals surface area contributed by atoms with Crippen LogP contribution in [-0.2, 0) is 9.53 Å². The van der Waals surface area contributed by atoms with Crippen molar-refractivity contribution in [2.75, 3.05) is 13.7 Å². The number of hydrogen-bond acceptors (Lipinski definition) is 4. The third-order valence-electron chi connectivity index (χ3n) is 2.94. The third-order valence-corrected chi connectivity index (χ3v) is 2.94. The molecule has 2 aromatic rings. The lowest BCUT2D eigenvalue weighted by Crippen LogP contribution is -2.15. The maximum atomic E-state index is 11.6. The zero-order valence-electron chi connectivity index (χ0n) is 10.9. The topological polar surface area (TPSA) is 55.8 Å². The van der Waals surface area contributed by atoms with Crippen LogP contribution in [0.2, 0.25) is 0 Å². The molecule has 0 amide bonds. The molecule has 0 bridgehead atoms. The Bertz CT molecular complexity index is 592. The van der Waals surface area contributed by atoms with Crippen LogP contribution in [0.25, 0.3) is 10.8 Å². The fourth-order valence-corrected chi connectivity index (χ4v) is 2.06. The molecule has 1 N–H and O–H groups in total. The molecule has 1 atom stereocenters. The Morgan fingerprint density at radius 3 is 2.53 bits per heavy atom. The summed E-state index contributed by atoms with van der Waals surface area (Å²) in [5.74, 6) is 0.0632. The first-order valence-electron chi connectivity index (χ1n) is 6.09. The molecule has 0 saturated carbocycles. The largest absolute Gasteiger partial charge is 0.496 e. The van der Waals surface area contributed by atoms with Gasteiger partial charge in [0.1, 0.15) is 5.75 Å². The molecule has 2 rings (SSSR count). The van der Waals surface area contributed by atoms with E-state index in [1.165, 1.54) is 0 Å². The minimum Gasteiger partial charge on any atom is -0.496 e. The van der Waals surface area contributed by atoms with E-state index in [2.05, 4.69) is 0 Å². The highest BCUT2D eigenvalue weighted by molar-refractivity contribution is 5.94. The van der Waals surface area contributed by atoms with Crippen molar-refractivity contribution in [2.24, 2.45) is 0 Å². The van der Waals surface area contributed by atoms with Crippen molar-refractivity contribution >= 4 is 16.7 Å². The molecule has 0 saturated heterocycles. The van der Waals surface area contributed by atoms with Gasteiger partial charge in [0.05, 0.1) is 13.7 Å². The molecule has 2 aromatic carbocycles. The Labute approximate surface area is 111 Å². The molecule has 0 heterocycles. The summed E-state index contributed by atoms with van der Waals surface area (Å²) < 4.78 is 10.1. The Kier molecular flexibility index (Phi) is 4.02. The summed E-state index contributed by atoms with van der Waals surface area (Å²) in [7, 11) is 1.59. The maximum absolute atomic E-state index is 11.6. The molecule has 0 aliphatic carbocycles. The van der Waals surface area contributed by atoms with Crippen LogP contribution in [0.3, 0.4) is 0 Å². The first-order chi connectivity index (χ1) is 9.19. The fraction of sp³-hybridized carbons (Fsp3) is 0.267. The van der Waals surface area contributed by atoms with E-state index in [-0.39, 0.29) is 6.61 Å². The SMILES string of the molecule is CCOC(=O)C(O)c1ccc(OC)c2ccccc12. The number of aliphatic hydroxyl groups excluding tert-OH is 1. The summed E-state index contributed by atoms with van der Waals surface area (Å²) >= 11 is 0. The van der Waals surface area contributed by atoms with E-state index in [1.807, 2.05) is 24.3 Å². The molecule has 0 aliphatic heterocycles. The van der Waals surface area contributed by atoms with Crippen molar-refractivity contribution in [1.82, 2.24) is 0 Å². The summed E-state index contributed by atoms with van der Waals surface area (Å²) in [5.41, 5.74) is 0.523. The van der Waals surface area contributed by atoms with Crippen LogP contribution in [0.5, 0.6) is 5.75 Å². The van der Waals surface area contributed by atoms with Crippen LogP contribution in [0.1, 0.15) is 18.6 Å². The molecule has 100 valence electrons. The summed E-state index contributed by atoms with van der Waals surface area (Å²) in [6.07, 6.45) is -1.28. The van der Waals surface area contributed by atoms with E-state index >= 15 is 0 Å². The Balaban J connectivity index is 2.53. The van der Waals surface area contributed by atoms with Gasteiger partial charge in [0.2, 0.25) is 0 Å². The first kappa shape index (κ1) is 13.4. The van der Waals surface area contributed by atoms with Crippen molar-refractivity contribution in [3.8, 4) is 5.75 Å². The summed E-state index contributed by atoms with van der Waals surface area (Å²) in [5, 5.41) is 11.7. The normalized spacial score (nSPS) is 12.2. The maximum Gasteiger partial charge on any atom is 0.339 e. The van der Waals surface area contributed by atoms with E-state index in [0.29, 0.717) is 11.3 Å². The van der Waals surface area contributed by atoms with Crippen LogP contribution in [0, 0.1) is 0 Å². The first-order valence-corrected chi connectivity index (χ1v) is 6.09. The number of aliphatic hydroxyl groups is 1. The number of esters is 1. The zero-order valence-corrected chi connectivity index (χ0v) is 10.9. The van der Waals surface area contributed by atoms with Crippen LogP contribution < -0.4 is 4.74 Å². The van der Waals surface area contributed by atoms with Crippen molar-refractivity contribution < 1.29 is 19.4 Å². The van der Waals surface area contributed by atoms with Gasteiger partial charge >= 0.3 is 5.97 Å². The molecule has 0 aromatic heterocycles. The molecular weight excluding hydrogens is 244 g/mol. The van der Waals surface area contributed by atoms with Crippen LogP contribution >= 0.6 is 0 Å². The highest BCUT2D eigenvalue weighted by atomic mass is 16.5. The van der Waals surface area contributed by atoms with Crippen LogP contribution in [-0.4, -0.2) is 24.8 Å². The predicted octanol–water partition coefficient (Wildman–Crippen LogP) is 2.44. The summed E-state index contributed by atoms with van der Waals surface area (Å²) in [6, 6.07) is 10.9. The number of methoxy groups -OCH3 is 1. The van der Waals surface area contributed by atoms with Gasteiger partial charge in [0.15, 0.2) is 6.10 Å². The lowest BCUT2D eigenvalue weighted by Gasteiger charge is -2.14. The van der Waals surface area contributed by atoms with E-state index in [0.717, 1.165) is 10.8 Å². The number of ether oxygens (including phenoxy) is 2. The van der Waals surface area contributed by atoms with Gasteiger partial charge in [-0.3, -0.25) is 0 Å². The molecule has 4 nitrogen and oxygen atoms in total. The third kappa shape index (κ3) is 2.53. The van der Waals surface area contributed by atoms with Gasteiger partial charge in [0.25, 0.3) is 0 Å². The second kappa shape index (κ2) is 5.71. The van der Waals surface area contributed by atoms with Gasteiger partial charge in [-0.1, -0.05) is 30.3 Å². The number of carbonyl (C=O) groups is 1. The van der Waals surface area contributed by atoms with E-state index in [1.54, 1.807) is 26.2 Å². The Hall–Kier alpha value is -2.07. The summed E-state index contributed by atoms with van der Waals surface area (Å²) in [6.45, 7) is 1.95. The van der Waals surface area contributed by atoms with Crippen molar-refractivity contribution in [2.45, 2.75) is 13.0 Å². The van der Waals surface area contributed by atoms with Crippen molar-refractivity contribution in [3.63, 3.8) is 0 Å². The second-order valence-corrected chi connectivity index (χ2v) is 4.06. The predicted molar refractivity (Wildman–Crippen MR) is 72.1 cm³/mol. The monoisotopic (exact) mass is 260 g/mol.